The first-order chi connectivity index (χ1) is 8.74. The van der Waals surface area contributed by atoms with Gasteiger partial charge in [0.15, 0.2) is 6.29 Å². The number of hydrogen-bond donors (Lipinski definition) is 2. The minimum Gasteiger partial charge on any atom is -0.385 e. The minimum atomic E-state index is -1.22. The number of aliphatic hydroxyl groups excluding tert-OH is 1. The van der Waals surface area contributed by atoms with Gasteiger partial charge in [-0.1, -0.05) is 0 Å². The summed E-state index contributed by atoms with van der Waals surface area (Å²) in [6, 6.07) is -0.115. The fourth-order valence-electron chi connectivity index (χ4n) is 3.18. The van der Waals surface area contributed by atoms with E-state index in [1.54, 1.807) is 7.11 Å². The third-order valence-corrected chi connectivity index (χ3v) is 4.09. The van der Waals surface area contributed by atoms with Crippen molar-refractivity contribution < 1.29 is 14.9 Å². The highest BCUT2D eigenvalue weighted by atomic mass is 16.5. The maximum atomic E-state index is 9.53. The Morgan fingerprint density at radius 2 is 2.06 bits per heavy atom. The van der Waals surface area contributed by atoms with E-state index in [4.69, 9.17) is 4.74 Å². The monoisotopic (exact) mass is 255 g/mol. The fraction of sp³-hybridized carbons (Fsp3) is 0.857. The molecule has 1 heterocycles. The number of allylic oxidation sites excluding steroid dienone is 1. The quantitative estimate of drug-likeness (QED) is 0.559. The smallest absolute Gasteiger partial charge is 0.172 e. The van der Waals surface area contributed by atoms with Crippen molar-refractivity contribution in [1.29, 1.82) is 0 Å². The maximum absolute atomic E-state index is 9.53. The summed E-state index contributed by atoms with van der Waals surface area (Å²) >= 11 is 0. The van der Waals surface area contributed by atoms with Gasteiger partial charge in [-0.2, -0.15) is 0 Å². The highest BCUT2D eigenvalue weighted by Gasteiger charge is 2.35. The van der Waals surface area contributed by atoms with E-state index in [1.165, 1.54) is 24.1 Å². The van der Waals surface area contributed by atoms with Crippen molar-refractivity contribution >= 4 is 0 Å². The van der Waals surface area contributed by atoms with Gasteiger partial charge in [0.05, 0.1) is 6.04 Å². The molecule has 0 saturated carbocycles. The molecule has 2 aliphatic rings. The van der Waals surface area contributed by atoms with E-state index in [-0.39, 0.29) is 6.04 Å². The van der Waals surface area contributed by atoms with Gasteiger partial charge in [-0.25, -0.2) is 0 Å². The molecule has 0 aromatic rings. The van der Waals surface area contributed by atoms with Gasteiger partial charge in [0.1, 0.15) is 0 Å². The van der Waals surface area contributed by atoms with Crippen LogP contribution in [-0.2, 0) is 4.74 Å². The van der Waals surface area contributed by atoms with Gasteiger partial charge in [-0.05, 0) is 50.5 Å². The summed E-state index contributed by atoms with van der Waals surface area (Å²) in [6.45, 7) is 1.70. The zero-order chi connectivity index (χ0) is 13.0. The molecule has 2 rings (SSSR count). The Bertz CT molecular complexity index is 301. The second-order valence-corrected chi connectivity index (χ2v) is 5.34. The number of rotatable bonds is 6. The summed E-state index contributed by atoms with van der Waals surface area (Å²) in [5.74, 6) is 0. The molecule has 0 amide bonds. The van der Waals surface area contributed by atoms with Crippen LogP contribution in [0.1, 0.15) is 44.9 Å². The van der Waals surface area contributed by atoms with E-state index in [0.29, 0.717) is 0 Å². The first kappa shape index (κ1) is 13.8. The Labute approximate surface area is 109 Å². The van der Waals surface area contributed by atoms with Crippen molar-refractivity contribution in [2.75, 3.05) is 20.3 Å². The van der Waals surface area contributed by atoms with E-state index in [2.05, 4.69) is 4.90 Å². The van der Waals surface area contributed by atoms with Crippen molar-refractivity contribution in [2.45, 2.75) is 57.3 Å². The molecular formula is C14H25NO3. The zero-order valence-corrected chi connectivity index (χ0v) is 11.3. The number of nitrogens with zero attached hydrogens (tertiary/aromatic N) is 1. The second-order valence-electron chi connectivity index (χ2n) is 5.34. The van der Waals surface area contributed by atoms with Crippen LogP contribution in [0.5, 0.6) is 0 Å². The summed E-state index contributed by atoms with van der Waals surface area (Å²) < 4.78 is 5.06. The van der Waals surface area contributed by atoms with Crippen LogP contribution in [0.2, 0.25) is 0 Å². The maximum Gasteiger partial charge on any atom is 0.172 e. The van der Waals surface area contributed by atoms with Crippen molar-refractivity contribution in [3.05, 3.63) is 11.3 Å². The van der Waals surface area contributed by atoms with Crippen LogP contribution in [-0.4, -0.2) is 47.7 Å². The SMILES string of the molecule is COCCCCN1C2=C(CCCC2)CC1C(O)O. The molecule has 0 aromatic carbocycles. The number of methoxy groups -OCH3 is 1. The van der Waals surface area contributed by atoms with E-state index in [0.717, 1.165) is 45.3 Å². The molecule has 0 radical (unpaired) electrons. The molecule has 4 heteroatoms. The molecule has 1 aliphatic carbocycles. The molecule has 0 saturated heterocycles. The predicted molar refractivity (Wildman–Crippen MR) is 69.9 cm³/mol. The van der Waals surface area contributed by atoms with Crippen molar-refractivity contribution in [3.8, 4) is 0 Å². The van der Waals surface area contributed by atoms with Crippen LogP contribution in [0, 0.1) is 0 Å². The van der Waals surface area contributed by atoms with Crippen LogP contribution >= 0.6 is 0 Å². The van der Waals surface area contributed by atoms with Crippen LogP contribution in [0.4, 0.5) is 0 Å². The molecule has 1 atom stereocenters. The van der Waals surface area contributed by atoms with Crippen molar-refractivity contribution in [1.82, 2.24) is 4.90 Å². The lowest BCUT2D eigenvalue weighted by molar-refractivity contribution is -0.0891. The largest absolute Gasteiger partial charge is 0.385 e. The Kier molecular flexibility index (Phi) is 5.03. The van der Waals surface area contributed by atoms with E-state index >= 15 is 0 Å². The van der Waals surface area contributed by atoms with Crippen LogP contribution < -0.4 is 0 Å². The first-order valence-electron chi connectivity index (χ1n) is 7.06. The van der Waals surface area contributed by atoms with Crippen LogP contribution in [0.3, 0.4) is 0 Å². The Morgan fingerprint density at radius 3 is 2.78 bits per heavy atom. The molecule has 104 valence electrons. The standard InChI is InChI=1S/C14H25NO3/c1-18-9-5-4-8-15-12-7-3-2-6-11(12)10-13(15)14(16)17/h13-14,16-17H,2-10H2,1H3. The second kappa shape index (κ2) is 6.55. The minimum absolute atomic E-state index is 0.115. The summed E-state index contributed by atoms with van der Waals surface area (Å²) in [5, 5.41) is 19.1. The Hall–Kier alpha value is -0.580. The van der Waals surface area contributed by atoms with Gasteiger partial charge in [0.2, 0.25) is 0 Å². The lowest BCUT2D eigenvalue weighted by atomic mass is 9.96. The summed E-state index contributed by atoms with van der Waals surface area (Å²) in [4.78, 5) is 2.24. The third kappa shape index (κ3) is 3.05. The van der Waals surface area contributed by atoms with Crippen LogP contribution in [0.25, 0.3) is 0 Å². The normalized spacial score (nSPS) is 24.0. The van der Waals surface area contributed by atoms with Crippen molar-refractivity contribution in [2.24, 2.45) is 0 Å². The highest BCUT2D eigenvalue weighted by molar-refractivity contribution is 5.24. The summed E-state index contributed by atoms with van der Waals surface area (Å²) in [7, 11) is 1.72. The van der Waals surface area contributed by atoms with Crippen LogP contribution in [0.15, 0.2) is 11.3 Å². The van der Waals surface area contributed by atoms with Gasteiger partial charge >= 0.3 is 0 Å². The van der Waals surface area contributed by atoms with Crippen molar-refractivity contribution in [3.63, 3.8) is 0 Å². The average Bonchev–Trinajstić information content (AvgIpc) is 2.74. The molecule has 1 aliphatic heterocycles. The number of aliphatic hydroxyl groups is 2. The fourth-order valence-corrected chi connectivity index (χ4v) is 3.18. The molecule has 0 aromatic heterocycles. The molecule has 4 nitrogen and oxygen atoms in total. The van der Waals surface area contributed by atoms with E-state index in [9.17, 15) is 10.2 Å². The van der Waals surface area contributed by atoms with E-state index < -0.39 is 6.29 Å². The Morgan fingerprint density at radius 1 is 1.28 bits per heavy atom. The highest BCUT2D eigenvalue weighted by Crippen LogP contribution is 2.39. The summed E-state index contributed by atoms with van der Waals surface area (Å²) in [6.07, 6.45) is 6.45. The number of hydrogen-bond acceptors (Lipinski definition) is 4. The van der Waals surface area contributed by atoms with E-state index in [1.807, 2.05) is 0 Å². The predicted octanol–water partition coefficient (Wildman–Crippen LogP) is 1.63. The van der Waals surface area contributed by atoms with Gasteiger partial charge in [0, 0.05) is 26.0 Å². The zero-order valence-electron chi connectivity index (χ0n) is 11.3. The molecular weight excluding hydrogens is 230 g/mol. The number of unbranched alkanes of at least 4 members (excludes halogenated alkanes) is 1. The topological polar surface area (TPSA) is 52.9 Å². The lowest BCUT2D eigenvalue weighted by Gasteiger charge is -2.31. The van der Waals surface area contributed by atoms with Gasteiger partial charge in [-0.15, -0.1) is 0 Å². The molecule has 0 spiro atoms. The summed E-state index contributed by atoms with van der Waals surface area (Å²) in [5.41, 5.74) is 2.86. The molecule has 18 heavy (non-hydrogen) atoms. The van der Waals surface area contributed by atoms with Gasteiger partial charge in [0.25, 0.3) is 0 Å². The molecule has 2 N–H and O–H groups in total. The molecule has 0 bridgehead atoms. The third-order valence-electron chi connectivity index (χ3n) is 4.09. The lowest BCUT2D eigenvalue weighted by Crippen LogP contribution is -2.40. The average molecular weight is 255 g/mol. The van der Waals surface area contributed by atoms with Gasteiger partial charge < -0.3 is 19.8 Å². The first-order valence-corrected chi connectivity index (χ1v) is 7.06. The molecule has 0 fully saturated rings. The Balaban J connectivity index is 1.95. The van der Waals surface area contributed by atoms with Gasteiger partial charge in [-0.3, -0.25) is 0 Å². The molecule has 1 unspecified atom stereocenters. The number of ether oxygens (including phenoxy) is 1.